The van der Waals surface area contributed by atoms with Gasteiger partial charge in [0.25, 0.3) is 0 Å². The van der Waals surface area contributed by atoms with Crippen molar-refractivity contribution in [3.05, 3.63) is 35.9 Å². The predicted molar refractivity (Wildman–Crippen MR) is 70.0 cm³/mol. The number of benzene rings is 1. The van der Waals surface area contributed by atoms with Gasteiger partial charge in [0.1, 0.15) is 0 Å². The van der Waals surface area contributed by atoms with Gasteiger partial charge in [-0.1, -0.05) is 30.3 Å². The molecule has 0 aliphatic carbocycles. The van der Waals surface area contributed by atoms with E-state index < -0.39 is 0 Å². The Balaban J connectivity index is 1.95. The molecule has 18 heavy (non-hydrogen) atoms. The summed E-state index contributed by atoms with van der Waals surface area (Å²) in [7, 11) is 0. The summed E-state index contributed by atoms with van der Waals surface area (Å²) >= 11 is 0. The first kappa shape index (κ1) is 13.1. The minimum atomic E-state index is -0.305. The van der Waals surface area contributed by atoms with Gasteiger partial charge in [0, 0.05) is 6.54 Å². The van der Waals surface area contributed by atoms with Gasteiger partial charge in [-0.15, -0.1) is 0 Å². The van der Waals surface area contributed by atoms with Gasteiger partial charge in [0.15, 0.2) is 0 Å². The number of aliphatic hydroxyl groups is 1. The van der Waals surface area contributed by atoms with E-state index in [1.807, 2.05) is 30.3 Å². The van der Waals surface area contributed by atoms with E-state index in [0.29, 0.717) is 0 Å². The summed E-state index contributed by atoms with van der Waals surface area (Å²) in [6.45, 7) is 1.65. The molecule has 0 unspecified atom stereocenters. The topological polar surface area (TPSA) is 61.4 Å². The van der Waals surface area contributed by atoms with Gasteiger partial charge in [-0.05, 0) is 24.9 Å². The summed E-state index contributed by atoms with van der Waals surface area (Å²) in [6, 6.07) is 9.27. The molecule has 1 aliphatic heterocycles. The molecule has 0 saturated carbocycles. The van der Waals surface area contributed by atoms with E-state index in [9.17, 15) is 9.90 Å². The highest BCUT2D eigenvalue weighted by Crippen LogP contribution is 2.15. The molecule has 1 heterocycles. The third-order valence-electron chi connectivity index (χ3n) is 3.37. The molecule has 2 atom stereocenters. The fourth-order valence-electron chi connectivity index (χ4n) is 2.28. The van der Waals surface area contributed by atoms with Crippen LogP contribution in [0.1, 0.15) is 24.4 Å². The van der Waals surface area contributed by atoms with Crippen LogP contribution in [0.5, 0.6) is 0 Å². The van der Waals surface area contributed by atoms with Gasteiger partial charge < -0.3 is 15.7 Å². The minimum Gasteiger partial charge on any atom is -0.394 e. The van der Waals surface area contributed by atoms with Gasteiger partial charge in [0.05, 0.1) is 18.6 Å². The summed E-state index contributed by atoms with van der Waals surface area (Å²) < 4.78 is 0. The third-order valence-corrected chi connectivity index (χ3v) is 3.37. The molecule has 4 heteroatoms. The molecule has 1 saturated heterocycles. The van der Waals surface area contributed by atoms with Crippen LogP contribution >= 0.6 is 0 Å². The zero-order valence-corrected chi connectivity index (χ0v) is 10.4. The van der Waals surface area contributed by atoms with Crippen LogP contribution in [0.4, 0.5) is 0 Å². The molecule has 0 bridgehead atoms. The number of hydrogen-bond donors (Lipinski definition) is 3. The molecule has 3 N–H and O–H groups in total. The summed E-state index contributed by atoms with van der Waals surface area (Å²) in [5, 5.41) is 15.5. The summed E-state index contributed by atoms with van der Waals surface area (Å²) in [6.07, 6.45) is 1.96. The lowest BCUT2D eigenvalue weighted by Crippen LogP contribution is -2.42. The lowest BCUT2D eigenvalue weighted by molar-refractivity contribution is -0.126. The Hall–Kier alpha value is -1.39. The highest BCUT2D eigenvalue weighted by Gasteiger charge is 2.23. The van der Waals surface area contributed by atoms with Crippen molar-refractivity contribution >= 4 is 5.91 Å². The maximum absolute atomic E-state index is 12.1. The van der Waals surface area contributed by atoms with Gasteiger partial charge >= 0.3 is 0 Å². The maximum atomic E-state index is 12.1. The Bertz CT molecular complexity index is 375. The SMILES string of the molecule is O=C(N[C@H](CO)c1ccccc1)[C@@H]1CCCNC1. The first-order valence-electron chi connectivity index (χ1n) is 6.48. The second-order valence-corrected chi connectivity index (χ2v) is 4.70. The Morgan fingerprint density at radius 1 is 1.44 bits per heavy atom. The number of hydrogen-bond acceptors (Lipinski definition) is 3. The van der Waals surface area contributed by atoms with Crippen molar-refractivity contribution in [1.82, 2.24) is 10.6 Å². The second-order valence-electron chi connectivity index (χ2n) is 4.70. The van der Waals surface area contributed by atoms with Crippen LogP contribution in [0.15, 0.2) is 30.3 Å². The van der Waals surface area contributed by atoms with E-state index in [4.69, 9.17) is 0 Å². The molecule has 1 fully saturated rings. The number of rotatable bonds is 4. The third kappa shape index (κ3) is 3.31. The summed E-state index contributed by atoms with van der Waals surface area (Å²) in [5.74, 6) is 0.0571. The van der Waals surface area contributed by atoms with E-state index in [1.165, 1.54) is 0 Å². The second kappa shape index (κ2) is 6.52. The Morgan fingerprint density at radius 2 is 2.22 bits per heavy atom. The van der Waals surface area contributed by atoms with Crippen LogP contribution in [0.25, 0.3) is 0 Å². The van der Waals surface area contributed by atoms with Crippen molar-refractivity contribution < 1.29 is 9.90 Å². The summed E-state index contributed by atoms with van der Waals surface area (Å²) in [5.41, 5.74) is 0.942. The standard InChI is InChI=1S/C14H20N2O2/c17-10-13(11-5-2-1-3-6-11)16-14(18)12-7-4-8-15-9-12/h1-3,5-6,12-13,15,17H,4,7-10H2,(H,16,18)/t12-,13-/m1/s1. The highest BCUT2D eigenvalue weighted by molar-refractivity contribution is 5.79. The van der Waals surface area contributed by atoms with Gasteiger partial charge in [-0.25, -0.2) is 0 Å². The van der Waals surface area contributed by atoms with Gasteiger partial charge in [0.2, 0.25) is 5.91 Å². The van der Waals surface area contributed by atoms with Crippen LogP contribution in [0.2, 0.25) is 0 Å². The number of piperidine rings is 1. The first-order valence-corrected chi connectivity index (χ1v) is 6.48. The van der Waals surface area contributed by atoms with Crippen LogP contribution in [0.3, 0.4) is 0 Å². The molecule has 4 nitrogen and oxygen atoms in total. The average Bonchev–Trinajstić information content (AvgIpc) is 2.46. The van der Waals surface area contributed by atoms with Crippen molar-refractivity contribution in [2.24, 2.45) is 5.92 Å². The molecule has 1 aromatic rings. The molecule has 0 aromatic heterocycles. The van der Waals surface area contributed by atoms with Crippen LogP contribution < -0.4 is 10.6 Å². The van der Waals surface area contributed by atoms with E-state index in [0.717, 1.165) is 31.5 Å². The Labute approximate surface area is 107 Å². The van der Waals surface area contributed by atoms with Crippen molar-refractivity contribution in [3.63, 3.8) is 0 Å². The van der Waals surface area contributed by atoms with Crippen LogP contribution in [0, 0.1) is 5.92 Å². The van der Waals surface area contributed by atoms with E-state index in [-0.39, 0.29) is 24.5 Å². The van der Waals surface area contributed by atoms with Crippen molar-refractivity contribution in [2.75, 3.05) is 19.7 Å². The quantitative estimate of drug-likeness (QED) is 0.740. The number of carbonyl (C=O) groups excluding carboxylic acids is 1. The molecule has 0 spiro atoms. The maximum Gasteiger partial charge on any atom is 0.224 e. The van der Waals surface area contributed by atoms with Gasteiger partial charge in [-0.2, -0.15) is 0 Å². The summed E-state index contributed by atoms with van der Waals surface area (Å²) in [4.78, 5) is 12.1. The van der Waals surface area contributed by atoms with Crippen LogP contribution in [-0.2, 0) is 4.79 Å². The fourth-order valence-corrected chi connectivity index (χ4v) is 2.28. The van der Waals surface area contributed by atoms with E-state index >= 15 is 0 Å². The number of carbonyl (C=O) groups is 1. The molecule has 0 radical (unpaired) electrons. The van der Waals surface area contributed by atoms with Crippen molar-refractivity contribution in [1.29, 1.82) is 0 Å². The number of amides is 1. The zero-order chi connectivity index (χ0) is 12.8. The molecule has 1 aromatic carbocycles. The normalized spacial score (nSPS) is 21.3. The smallest absolute Gasteiger partial charge is 0.224 e. The molecular formula is C14H20N2O2. The fraction of sp³-hybridized carbons (Fsp3) is 0.500. The number of aliphatic hydroxyl groups excluding tert-OH is 1. The average molecular weight is 248 g/mol. The molecular weight excluding hydrogens is 228 g/mol. The predicted octanol–water partition coefficient (Wildman–Crippen LogP) is 0.836. The van der Waals surface area contributed by atoms with E-state index in [1.54, 1.807) is 0 Å². The Morgan fingerprint density at radius 3 is 2.83 bits per heavy atom. The molecule has 2 rings (SSSR count). The first-order chi connectivity index (χ1) is 8.81. The molecule has 98 valence electrons. The van der Waals surface area contributed by atoms with Crippen LogP contribution in [-0.4, -0.2) is 30.7 Å². The molecule has 1 amide bonds. The molecule has 1 aliphatic rings. The largest absolute Gasteiger partial charge is 0.394 e. The van der Waals surface area contributed by atoms with Crippen molar-refractivity contribution in [2.45, 2.75) is 18.9 Å². The minimum absolute atomic E-state index is 0.0245. The van der Waals surface area contributed by atoms with Gasteiger partial charge in [-0.3, -0.25) is 4.79 Å². The number of nitrogens with one attached hydrogen (secondary N) is 2. The van der Waals surface area contributed by atoms with Crippen molar-refractivity contribution in [3.8, 4) is 0 Å². The monoisotopic (exact) mass is 248 g/mol. The Kier molecular flexibility index (Phi) is 4.73. The highest BCUT2D eigenvalue weighted by atomic mass is 16.3. The lowest BCUT2D eigenvalue weighted by Gasteiger charge is -2.25. The zero-order valence-electron chi connectivity index (χ0n) is 10.4. The van der Waals surface area contributed by atoms with E-state index in [2.05, 4.69) is 10.6 Å². The lowest BCUT2D eigenvalue weighted by atomic mass is 9.98.